The van der Waals surface area contributed by atoms with E-state index in [4.69, 9.17) is 11.6 Å². The molecule has 1 heterocycles. The van der Waals surface area contributed by atoms with E-state index in [1.165, 1.54) is 0 Å². The third kappa shape index (κ3) is 4.56. The van der Waals surface area contributed by atoms with Gasteiger partial charge in [-0.25, -0.2) is 0 Å². The van der Waals surface area contributed by atoms with Gasteiger partial charge in [0.1, 0.15) is 0 Å². The van der Waals surface area contributed by atoms with Crippen molar-refractivity contribution in [2.75, 3.05) is 24.5 Å². The molecule has 0 aromatic heterocycles. The van der Waals surface area contributed by atoms with Crippen LogP contribution < -0.4 is 10.2 Å². The molecule has 0 saturated carbocycles. The fourth-order valence-electron chi connectivity index (χ4n) is 2.62. The van der Waals surface area contributed by atoms with Gasteiger partial charge in [-0.2, -0.15) is 13.2 Å². The molecule has 1 N–H and O–H groups in total. The highest BCUT2D eigenvalue weighted by Gasteiger charge is 2.31. The minimum atomic E-state index is -4.16. The molecule has 0 radical (unpaired) electrons. The molecule has 0 aliphatic carbocycles. The summed E-state index contributed by atoms with van der Waals surface area (Å²) in [6, 6.07) is 7.27. The fraction of sp³-hybridized carbons (Fsp3) is 0.571. The minimum Gasteiger partial charge on any atom is -0.370 e. The second kappa shape index (κ2) is 6.22. The number of alkyl halides is 3. The lowest BCUT2D eigenvalue weighted by atomic mass is 9.95. The van der Waals surface area contributed by atoms with Crippen LogP contribution in [-0.2, 0) is 0 Å². The smallest absolute Gasteiger partial charge is 0.370 e. The molecule has 1 aliphatic rings. The van der Waals surface area contributed by atoms with E-state index in [0.29, 0.717) is 17.5 Å². The highest BCUT2D eigenvalue weighted by atomic mass is 35.5. The van der Waals surface area contributed by atoms with Crippen molar-refractivity contribution in [2.24, 2.45) is 5.92 Å². The van der Waals surface area contributed by atoms with Crippen LogP contribution in [0.25, 0.3) is 0 Å². The first-order valence-electron chi connectivity index (χ1n) is 6.64. The predicted octanol–water partition coefficient (Wildman–Crippen LogP) is 3.71. The van der Waals surface area contributed by atoms with Crippen molar-refractivity contribution in [3.63, 3.8) is 0 Å². The van der Waals surface area contributed by atoms with E-state index in [-0.39, 0.29) is 6.04 Å². The largest absolute Gasteiger partial charge is 0.401 e. The van der Waals surface area contributed by atoms with Gasteiger partial charge in [0.2, 0.25) is 0 Å². The van der Waals surface area contributed by atoms with Gasteiger partial charge in [0.05, 0.1) is 6.54 Å². The number of piperidine rings is 1. The third-order valence-corrected chi connectivity index (χ3v) is 3.69. The van der Waals surface area contributed by atoms with E-state index in [1.54, 1.807) is 12.1 Å². The Morgan fingerprint density at radius 1 is 1.25 bits per heavy atom. The van der Waals surface area contributed by atoms with Crippen molar-refractivity contribution in [1.29, 1.82) is 0 Å². The highest BCUT2D eigenvalue weighted by molar-refractivity contribution is 6.30. The third-order valence-electron chi connectivity index (χ3n) is 3.44. The zero-order valence-electron chi connectivity index (χ0n) is 11.3. The fourth-order valence-corrected chi connectivity index (χ4v) is 2.75. The number of rotatable bonds is 3. The maximum absolute atomic E-state index is 12.3. The number of nitrogens with one attached hydrogen (secondary N) is 1. The molecular weight excluding hydrogens is 289 g/mol. The van der Waals surface area contributed by atoms with Gasteiger partial charge in [-0.3, -0.25) is 0 Å². The van der Waals surface area contributed by atoms with Crippen LogP contribution in [0.2, 0.25) is 5.02 Å². The molecule has 2 unspecified atom stereocenters. The van der Waals surface area contributed by atoms with Gasteiger partial charge in [-0.15, -0.1) is 0 Å². The topological polar surface area (TPSA) is 15.3 Å². The predicted molar refractivity (Wildman–Crippen MR) is 75.3 cm³/mol. The van der Waals surface area contributed by atoms with Crippen LogP contribution in [0.4, 0.5) is 18.9 Å². The van der Waals surface area contributed by atoms with Gasteiger partial charge in [0.25, 0.3) is 0 Å². The summed E-state index contributed by atoms with van der Waals surface area (Å²) in [6.45, 7) is 2.57. The maximum Gasteiger partial charge on any atom is 0.401 e. The summed E-state index contributed by atoms with van der Waals surface area (Å²) in [4.78, 5) is 2.11. The summed E-state index contributed by atoms with van der Waals surface area (Å²) in [5, 5.41) is 3.27. The van der Waals surface area contributed by atoms with E-state index in [0.717, 1.165) is 18.7 Å². The van der Waals surface area contributed by atoms with Gasteiger partial charge in [0, 0.05) is 29.8 Å². The van der Waals surface area contributed by atoms with Crippen molar-refractivity contribution in [3.05, 3.63) is 29.3 Å². The summed E-state index contributed by atoms with van der Waals surface area (Å²) in [6.07, 6.45) is -3.40. The average Bonchev–Trinajstić information content (AvgIpc) is 2.36. The standard InChI is InChI=1S/C14H18ClF3N2/c1-10-6-12(19-9-14(16,17)18)8-20(7-10)13-4-2-11(15)3-5-13/h2-5,10,12,19H,6-9H2,1H3. The Morgan fingerprint density at radius 3 is 2.50 bits per heavy atom. The normalized spacial score (nSPS) is 23.9. The van der Waals surface area contributed by atoms with Gasteiger partial charge in [0.15, 0.2) is 0 Å². The Hall–Kier alpha value is -0.940. The Bertz CT molecular complexity index is 433. The van der Waals surface area contributed by atoms with E-state index in [1.807, 2.05) is 12.1 Å². The zero-order valence-corrected chi connectivity index (χ0v) is 12.0. The number of hydrogen-bond donors (Lipinski definition) is 1. The monoisotopic (exact) mass is 306 g/mol. The average molecular weight is 307 g/mol. The molecule has 20 heavy (non-hydrogen) atoms. The van der Waals surface area contributed by atoms with Crippen LogP contribution in [0.5, 0.6) is 0 Å². The lowest BCUT2D eigenvalue weighted by molar-refractivity contribution is -0.126. The molecule has 0 bridgehead atoms. The summed E-state index contributed by atoms with van der Waals surface area (Å²) in [7, 11) is 0. The molecule has 1 fully saturated rings. The number of hydrogen-bond acceptors (Lipinski definition) is 2. The SMILES string of the molecule is CC1CC(NCC(F)(F)F)CN(c2ccc(Cl)cc2)C1. The Balaban J connectivity index is 1.99. The van der Waals surface area contributed by atoms with Crippen molar-refractivity contribution in [2.45, 2.75) is 25.6 Å². The molecule has 2 rings (SSSR count). The van der Waals surface area contributed by atoms with Crippen LogP contribution in [0.15, 0.2) is 24.3 Å². The van der Waals surface area contributed by atoms with Gasteiger partial charge in [-0.05, 0) is 36.6 Å². The molecule has 1 aliphatic heterocycles. The van der Waals surface area contributed by atoms with Crippen LogP contribution in [-0.4, -0.2) is 31.9 Å². The van der Waals surface area contributed by atoms with E-state index in [9.17, 15) is 13.2 Å². The van der Waals surface area contributed by atoms with Gasteiger partial charge >= 0.3 is 6.18 Å². The molecule has 1 aromatic rings. The van der Waals surface area contributed by atoms with Crippen LogP contribution in [0.1, 0.15) is 13.3 Å². The van der Waals surface area contributed by atoms with E-state index in [2.05, 4.69) is 17.1 Å². The first-order chi connectivity index (χ1) is 9.33. The molecule has 112 valence electrons. The maximum atomic E-state index is 12.3. The summed E-state index contributed by atoms with van der Waals surface area (Å²) in [5.41, 5.74) is 1.000. The lowest BCUT2D eigenvalue weighted by Crippen LogP contribution is -2.50. The number of halogens is 4. The van der Waals surface area contributed by atoms with Crippen LogP contribution in [0.3, 0.4) is 0 Å². The van der Waals surface area contributed by atoms with Crippen molar-refractivity contribution < 1.29 is 13.2 Å². The number of anilines is 1. The first-order valence-corrected chi connectivity index (χ1v) is 7.02. The highest BCUT2D eigenvalue weighted by Crippen LogP contribution is 2.25. The summed E-state index contributed by atoms with van der Waals surface area (Å²) < 4.78 is 36.8. The quantitative estimate of drug-likeness (QED) is 0.916. The molecular formula is C14H18ClF3N2. The summed E-state index contributed by atoms with van der Waals surface area (Å²) in [5.74, 6) is 0.352. The molecule has 2 atom stereocenters. The Labute approximate surface area is 121 Å². The molecule has 6 heteroatoms. The van der Waals surface area contributed by atoms with Crippen LogP contribution >= 0.6 is 11.6 Å². The summed E-state index contributed by atoms with van der Waals surface area (Å²) >= 11 is 5.85. The van der Waals surface area contributed by atoms with Crippen LogP contribution in [0, 0.1) is 5.92 Å². The molecule has 0 amide bonds. The molecule has 1 saturated heterocycles. The van der Waals surface area contributed by atoms with Crippen molar-refractivity contribution in [3.8, 4) is 0 Å². The first kappa shape index (κ1) is 15.4. The molecule has 2 nitrogen and oxygen atoms in total. The van der Waals surface area contributed by atoms with Gasteiger partial charge in [-0.1, -0.05) is 18.5 Å². The number of benzene rings is 1. The van der Waals surface area contributed by atoms with Gasteiger partial charge < -0.3 is 10.2 Å². The minimum absolute atomic E-state index is 0.143. The molecule has 1 aromatic carbocycles. The van der Waals surface area contributed by atoms with Crippen molar-refractivity contribution >= 4 is 17.3 Å². The Morgan fingerprint density at radius 2 is 1.90 bits per heavy atom. The Kier molecular flexibility index (Phi) is 4.81. The lowest BCUT2D eigenvalue weighted by Gasteiger charge is -2.38. The second-order valence-corrected chi connectivity index (χ2v) is 5.85. The number of nitrogens with zero attached hydrogens (tertiary/aromatic N) is 1. The molecule has 0 spiro atoms. The zero-order chi connectivity index (χ0) is 14.8. The van der Waals surface area contributed by atoms with Crippen molar-refractivity contribution in [1.82, 2.24) is 5.32 Å². The second-order valence-electron chi connectivity index (χ2n) is 5.42. The van der Waals surface area contributed by atoms with E-state index >= 15 is 0 Å². The van der Waals surface area contributed by atoms with E-state index < -0.39 is 12.7 Å².